The Morgan fingerprint density at radius 3 is 2.58 bits per heavy atom. The molecule has 0 unspecified atom stereocenters. The fraction of sp³-hybridized carbons (Fsp3) is 0.517. The van der Waals surface area contributed by atoms with Gasteiger partial charge in [-0.05, 0) is 49.4 Å². The number of anilines is 1. The molecule has 1 aliphatic rings. The summed E-state index contributed by atoms with van der Waals surface area (Å²) >= 11 is 0. The molecule has 3 rings (SSSR count). The Kier molecular flexibility index (Phi) is 10.3. The molecule has 1 aliphatic heterocycles. The summed E-state index contributed by atoms with van der Waals surface area (Å²) in [7, 11) is 3.50. The van der Waals surface area contributed by atoms with Gasteiger partial charge in [0.1, 0.15) is 12.4 Å². The van der Waals surface area contributed by atoms with Crippen molar-refractivity contribution in [1.29, 1.82) is 0 Å². The lowest BCUT2D eigenvalue weighted by Crippen LogP contribution is -2.47. The van der Waals surface area contributed by atoms with Gasteiger partial charge in [0.15, 0.2) is 0 Å². The van der Waals surface area contributed by atoms with Gasteiger partial charge in [-0.15, -0.1) is 0 Å². The van der Waals surface area contributed by atoms with E-state index in [1.165, 1.54) is 5.56 Å². The summed E-state index contributed by atoms with van der Waals surface area (Å²) in [5.74, 6) is 0.517. The molecule has 2 aromatic rings. The Labute approximate surface area is 215 Å². The standard InChI is InChI=1S/C29H41N3O4/c1-6-10-28(33)30-24-13-14-26-25(17-24)29(34)31(4)19-27(35-5)21(2)18-32(22(3)20-36-26)16-15-23-11-8-7-9-12-23/h7-9,11-14,17,21-22,27H,6,10,15-16,18-20H2,1-5H3,(H,30,33)/t21-,22-,27-/m1/s1. The van der Waals surface area contributed by atoms with Gasteiger partial charge in [0, 0.05) is 51.9 Å². The Morgan fingerprint density at radius 2 is 1.89 bits per heavy atom. The van der Waals surface area contributed by atoms with E-state index < -0.39 is 0 Å². The molecule has 1 heterocycles. The number of hydrogen-bond acceptors (Lipinski definition) is 5. The van der Waals surface area contributed by atoms with Gasteiger partial charge in [-0.25, -0.2) is 0 Å². The number of hydrogen-bond donors (Lipinski definition) is 1. The highest BCUT2D eigenvalue weighted by Crippen LogP contribution is 2.26. The van der Waals surface area contributed by atoms with Crippen LogP contribution in [0.3, 0.4) is 0 Å². The smallest absolute Gasteiger partial charge is 0.257 e. The summed E-state index contributed by atoms with van der Waals surface area (Å²) in [6, 6.07) is 15.9. The number of likely N-dealkylation sites (N-methyl/N-ethyl adjacent to an activating group) is 1. The van der Waals surface area contributed by atoms with E-state index in [1.54, 1.807) is 37.3 Å². The van der Waals surface area contributed by atoms with Crippen LogP contribution >= 0.6 is 0 Å². The van der Waals surface area contributed by atoms with Crippen LogP contribution in [0.25, 0.3) is 0 Å². The van der Waals surface area contributed by atoms with Crippen molar-refractivity contribution in [3.63, 3.8) is 0 Å². The van der Waals surface area contributed by atoms with E-state index in [2.05, 4.69) is 48.3 Å². The SMILES string of the molecule is CCCC(=O)Nc1ccc2c(c1)C(=O)N(C)C[C@@H](OC)[C@H](C)CN(CCc1ccccc1)[C@H](C)CO2. The second-order valence-electron chi connectivity index (χ2n) is 9.84. The molecular weight excluding hydrogens is 454 g/mol. The van der Waals surface area contributed by atoms with Crippen molar-refractivity contribution in [2.45, 2.75) is 52.2 Å². The van der Waals surface area contributed by atoms with Gasteiger partial charge in [-0.2, -0.15) is 0 Å². The van der Waals surface area contributed by atoms with Gasteiger partial charge in [-0.1, -0.05) is 44.2 Å². The van der Waals surface area contributed by atoms with E-state index in [0.717, 1.165) is 25.9 Å². The average Bonchev–Trinajstić information content (AvgIpc) is 2.88. The fourth-order valence-corrected chi connectivity index (χ4v) is 4.61. The third-order valence-electron chi connectivity index (χ3n) is 6.87. The van der Waals surface area contributed by atoms with Crippen LogP contribution in [0.5, 0.6) is 5.75 Å². The van der Waals surface area contributed by atoms with Gasteiger partial charge in [0.05, 0.1) is 11.7 Å². The molecule has 0 radical (unpaired) electrons. The minimum Gasteiger partial charge on any atom is -0.491 e. The zero-order valence-electron chi connectivity index (χ0n) is 22.3. The minimum atomic E-state index is -0.153. The molecule has 1 N–H and O–H groups in total. The van der Waals surface area contributed by atoms with Crippen LogP contribution in [0.2, 0.25) is 0 Å². The van der Waals surface area contributed by atoms with Crippen molar-refractivity contribution in [3.8, 4) is 5.75 Å². The Balaban J connectivity index is 1.87. The number of nitrogens with zero attached hydrogens (tertiary/aromatic N) is 2. The van der Waals surface area contributed by atoms with Crippen molar-refractivity contribution < 1.29 is 19.1 Å². The summed E-state index contributed by atoms with van der Waals surface area (Å²) in [5, 5.41) is 2.89. The average molecular weight is 496 g/mol. The Morgan fingerprint density at radius 1 is 1.14 bits per heavy atom. The van der Waals surface area contributed by atoms with Crippen LogP contribution in [0.1, 0.15) is 49.5 Å². The molecule has 7 heteroatoms. The first-order valence-electron chi connectivity index (χ1n) is 12.9. The maximum absolute atomic E-state index is 13.5. The second-order valence-corrected chi connectivity index (χ2v) is 9.84. The van der Waals surface area contributed by atoms with Crippen LogP contribution in [-0.2, 0) is 16.0 Å². The zero-order valence-corrected chi connectivity index (χ0v) is 22.3. The topological polar surface area (TPSA) is 71.1 Å². The number of amides is 2. The van der Waals surface area contributed by atoms with Crippen molar-refractivity contribution in [3.05, 3.63) is 59.7 Å². The molecule has 0 saturated heterocycles. The van der Waals surface area contributed by atoms with E-state index >= 15 is 0 Å². The lowest BCUT2D eigenvalue weighted by molar-refractivity contribution is -0.116. The molecule has 0 aliphatic carbocycles. The van der Waals surface area contributed by atoms with Crippen molar-refractivity contribution in [1.82, 2.24) is 9.80 Å². The lowest BCUT2D eigenvalue weighted by atomic mass is 10.0. The van der Waals surface area contributed by atoms with Gasteiger partial charge in [0.25, 0.3) is 5.91 Å². The summed E-state index contributed by atoms with van der Waals surface area (Å²) in [5.41, 5.74) is 2.35. The maximum Gasteiger partial charge on any atom is 0.257 e. The van der Waals surface area contributed by atoms with Gasteiger partial charge < -0.3 is 19.7 Å². The molecule has 0 saturated carbocycles. The van der Waals surface area contributed by atoms with Crippen LogP contribution in [0, 0.1) is 5.92 Å². The first-order valence-corrected chi connectivity index (χ1v) is 12.9. The highest BCUT2D eigenvalue weighted by atomic mass is 16.5. The molecule has 7 nitrogen and oxygen atoms in total. The number of carbonyl (C=O) groups is 2. The largest absolute Gasteiger partial charge is 0.491 e. The Hall–Kier alpha value is -2.90. The molecule has 36 heavy (non-hydrogen) atoms. The lowest BCUT2D eigenvalue weighted by Gasteiger charge is -2.36. The number of benzene rings is 2. The van der Waals surface area contributed by atoms with Crippen LogP contribution in [-0.4, -0.2) is 74.2 Å². The number of nitrogens with one attached hydrogen (secondary N) is 1. The highest BCUT2D eigenvalue weighted by molar-refractivity contribution is 5.99. The van der Waals surface area contributed by atoms with Crippen LogP contribution in [0.15, 0.2) is 48.5 Å². The van der Waals surface area contributed by atoms with Gasteiger partial charge >= 0.3 is 0 Å². The van der Waals surface area contributed by atoms with Crippen molar-refractivity contribution in [2.24, 2.45) is 5.92 Å². The first-order chi connectivity index (χ1) is 17.3. The highest BCUT2D eigenvalue weighted by Gasteiger charge is 2.28. The molecular formula is C29H41N3O4. The molecule has 0 spiro atoms. The number of ether oxygens (including phenoxy) is 2. The molecule has 3 atom stereocenters. The van der Waals surface area contributed by atoms with Crippen molar-refractivity contribution >= 4 is 17.5 Å². The first kappa shape index (κ1) is 27.7. The number of rotatable bonds is 7. The molecule has 2 aromatic carbocycles. The van der Waals surface area contributed by atoms with Gasteiger partial charge in [-0.3, -0.25) is 14.5 Å². The van der Waals surface area contributed by atoms with E-state index in [4.69, 9.17) is 9.47 Å². The third-order valence-corrected chi connectivity index (χ3v) is 6.87. The van der Waals surface area contributed by atoms with Crippen molar-refractivity contribution in [2.75, 3.05) is 45.7 Å². The molecule has 0 aromatic heterocycles. The van der Waals surface area contributed by atoms with E-state index in [9.17, 15) is 9.59 Å². The minimum absolute atomic E-state index is 0.0664. The fourth-order valence-electron chi connectivity index (χ4n) is 4.61. The van der Waals surface area contributed by atoms with E-state index in [1.807, 2.05) is 13.0 Å². The summed E-state index contributed by atoms with van der Waals surface area (Å²) in [6.45, 7) is 8.96. The summed E-state index contributed by atoms with van der Waals surface area (Å²) < 4.78 is 12.1. The normalized spacial score (nSPS) is 21.6. The summed E-state index contributed by atoms with van der Waals surface area (Å²) in [6.07, 6.45) is 2.04. The number of methoxy groups -OCH3 is 1. The maximum atomic E-state index is 13.5. The monoisotopic (exact) mass is 495 g/mol. The second kappa shape index (κ2) is 13.4. The Bertz CT molecular complexity index is 997. The quantitative estimate of drug-likeness (QED) is 0.614. The van der Waals surface area contributed by atoms with E-state index in [0.29, 0.717) is 36.6 Å². The van der Waals surface area contributed by atoms with Crippen LogP contribution < -0.4 is 10.1 Å². The predicted octanol–water partition coefficient (Wildman–Crippen LogP) is 4.47. The van der Waals surface area contributed by atoms with Gasteiger partial charge in [0.2, 0.25) is 5.91 Å². The molecule has 196 valence electrons. The molecule has 0 fully saturated rings. The molecule has 0 bridgehead atoms. The predicted molar refractivity (Wildman–Crippen MR) is 144 cm³/mol. The zero-order chi connectivity index (χ0) is 26.1. The third kappa shape index (κ3) is 7.55. The summed E-state index contributed by atoms with van der Waals surface area (Å²) in [4.78, 5) is 29.7. The van der Waals surface area contributed by atoms with E-state index in [-0.39, 0.29) is 29.9 Å². The number of fused-ring (bicyclic) bond motifs is 1. The number of carbonyl (C=O) groups excluding carboxylic acids is 2. The molecule has 2 amide bonds. The van der Waals surface area contributed by atoms with Crippen LogP contribution in [0.4, 0.5) is 5.69 Å².